The molecule has 0 aliphatic rings. The molecule has 2 aromatic rings. The summed E-state index contributed by atoms with van der Waals surface area (Å²) < 4.78 is 19.9. The van der Waals surface area contributed by atoms with Crippen LogP contribution >= 0.6 is 0 Å². The van der Waals surface area contributed by atoms with E-state index in [2.05, 4.69) is 10.3 Å². The van der Waals surface area contributed by atoms with E-state index >= 15 is 0 Å². The van der Waals surface area contributed by atoms with Gasteiger partial charge in [-0.3, -0.25) is 0 Å². The first-order valence-electron chi connectivity index (χ1n) is 6.04. The van der Waals surface area contributed by atoms with Crippen molar-refractivity contribution in [1.82, 2.24) is 15.0 Å². The molecule has 7 heteroatoms. The summed E-state index contributed by atoms with van der Waals surface area (Å²) in [4.78, 5) is 11.0. The number of halogens is 1. The largest absolute Gasteiger partial charge is 0.494 e. The number of carbonyl (C=O) groups is 1. The van der Waals surface area contributed by atoms with E-state index in [9.17, 15) is 9.18 Å². The van der Waals surface area contributed by atoms with Crippen LogP contribution in [0.15, 0.2) is 18.2 Å². The van der Waals surface area contributed by atoms with Gasteiger partial charge in [0.15, 0.2) is 17.3 Å². The lowest BCUT2D eigenvalue weighted by Crippen LogP contribution is -2.08. The zero-order valence-corrected chi connectivity index (χ0v) is 11.1. The molecule has 1 N–H and O–H groups in total. The normalized spacial score (nSPS) is 10.6. The molecule has 1 heterocycles. The average molecular weight is 279 g/mol. The molecule has 1 aromatic heterocycles. The van der Waals surface area contributed by atoms with Crippen LogP contribution in [0.4, 0.5) is 4.39 Å². The molecule has 0 unspecified atom stereocenters. The molecule has 0 aliphatic carbocycles. The average Bonchev–Trinajstić information content (AvgIpc) is 2.82. The summed E-state index contributed by atoms with van der Waals surface area (Å²) in [5, 5.41) is 16.4. The minimum Gasteiger partial charge on any atom is -0.494 e. The molecule has 1 aromatic carbocycles. The van der Waals surface area contributed by atoms with Crippen LogP contribution in [-0.2, 0) is 13.0 Å². The number of benzene rings is 1. The molecular formula is C13H14FN3O3. The van der Waals surface area contributed by atoms with E-state index < -0.39 is 11.8 Å². The molecule has 0 radical (unpaired) electrons. The molecule has 0 bridgehead atoms. The number of aromatic nitrogens is 3. The highest BCUT2D eigenvalue weighted by atomic mass is 19.1. The maximum atomic E-state index is 13.6. The van der Waals surface area contributed by atoms with Crippen molar-refractivity contribution in [2.75, 3.05) is 7.11 Å². The van der Waals surface area contributed by atoms with Crippen LogP contribution in [0.3, 0.4) is 0 Å². The first-order chi connectivity index (χ1) is 9.56. The first-order valence-corrected chi connectivity index (χ1v) is 6.04. The third kappa shape index (κ3) is 2.61. The van der Waals surface area contributed by atoms with E-state index in [1.807, 2.05) is 6.92 Å². The molecule has 20 heavy (non-hydrogen) atoms. The molecule has 2 rings (SSSR count). The highest BCUT2D eigenvalue weighted by Crippen LogP contribution is 2.19. The summed E-state index contributed by atoms with van der Waals surface area (Å²) in [7, 11) is 1.39. The number of hydrogen-bond donors (Lipinski definition) is 1. The van der Waals surface area contributed by atoms with Gasteiger partial charge in [-0.2, -0.15) is 0 Å². The number of rotatable bonds is 5. The molecule has 0 saturated heterocycles. The predicted octanol–water partition coefficient (Wildman–Crippen LogP) is 1.73. The standard InChI is InChI=1S/C13H14FN3O3/c1-3-10-12(13(18)19)15-16-17(10)7-8-4-5-11(20-2)9(14)6-8/h4-6H,3,7H2,1-2H3,(H,18,19). The number of carboxylic acid groups (broad SMARTS) is 1. The van der Waals surface area contributed by atoms with Crippen LogP contribution in [0, 0.1) is 5.82 Å². The van der Waals surface area contributed by atoms with Crippen molar-refractivity contribution in [3.8, 4) is 5.75 Å². The second kappa shape index (κ2) is 5.68. The van der Waals surface area contributed by atoms with Crippen molar-refractivity contribution in [2.45, 2.75) is 19.9 Å². The van der Waals surface area contributed by atoms with E-state index in [-0.39, 0.29) is 18.0 Å². The fourth-order valence-corrected chi connectivity index (χ4v) is 1.96. The van der Waals surface area contributed by atoms with Crippen LogP contribution in [0.2, 0.25) is 0 Å². The summed E-state index contributed by atoms with van der Waals surface area (Å²) in [5.74, 6) is -1.43. The number of aromatic carboxylic acids is 1. The number of nitrogens with zero attached hydrogens (tertiary/aromatic N) is 3. The lowest BCUT2D eigenvalue weighted by Gasteiger charge is -2.07. The van der Waals surface area contributed by atoms with Gasteiger partial charge in [0.2, 0.25) is 0 Å². The van der Waals surface area contributed by atoms with E-state index in [1.165, 1.54) is 23.9 Å². The van der Waals surface area contributed by atoms with Crippen LogP contribution in [0.1, 0.15) is 28.7 Å². The monoisotopic (exact) mass is 279 g/mol. The van der Waals surface area contributed by atoms with E-state index in [0.717, 1.165) is 0 Å². The minimum atomic E-state index is -1.12. The van der Waals surface area contributed by atoms with Crippen LogP contribution < -0.4 is 4.74 Å². The summed E-state index contributed by atoms with van der Waals surface area (Å²) in [5.41, 5.74) is 1.09. The predicted molar refractivity (Wildman–Crippen MR) is 68.4 cm³/mol. The highest BCUT2D eigenvalue weighted by molar-refractivity contribution is 5.86. The number of carboxylic acids is 1. The van der Waals surface area contributed by atoms with Crippen LogP contribution in [0.5, 0.6) is 5.75 Å². The molecule has 0 spiro atoms. The van der Waals surface area contributed by atoms with E-state index in [4.69, 9.17) is 9.84 Å². The smallest absolute Gasteiger partial charge is 0.358 e. The molecule has 0 aliphatic heterocycles. The van der Waals surface area contributed by atoms with Crippen molar-refractivity contribution < 1.29 is 19.0 Å². The van der Waals surface area contributed by atoms with Crippen molar-refractivity contribution in [3.63, 3.8) is 0 Å². The number of hydrogen-bond acceptors (Lipinski definition) is 4. The topological polar surface area (TPSA) is 77.2 Å². The van der Waals surface area contributed by atoms with Crippen molar-refractivity contribution in [3.05, 3.63) is 41.0 Å². The molecular weight excluding hydrogens is 265 g/mol. The molecule has 0 saturated carbocycles. The van der Waals surface area contributed by atoms with Crippen molar-refractivity contribution in [2.24, 2.45) is 0 Å². The second-order valence-corrected chi connectivity index (χ2v) is 4.17. The fourth-order valence-electron chi connectivity index (χ4n) is 1.96. The molecule has 0 amide bonds. The Morgan fingerprint density at radius 3 is 2.80 bits per heavy atom. The SMILES string of the molecule is CCc1c(C(=O)O)nnn1Cc1ccc(OC)c(F)c1. The van der Waals surface area contributed by atoms with Crippen LogP contribution in [-0.4, -0.2) is 33.2 Å². The summed E-state index contributed by atoms with van der Waals surface area (Å²) in [6, 6.07) is 4.55. The van der Waals surface area contributed by atoms with Gasteiger partial charge in [0.05, 0.1) is 19.3 Å². The summed E-state index contributed by atoms with van der Waals surface area (Å²) in [6.45, 7) is 2.07. The molecule has 0 fully saturated rings. The Labute approximate surface area is 114 Å². The van der Waals surface area contributed by atoms with Gasteiger partial charge in [0.25, 0.3) is 0 Å². The van der Waals surface area contributed by atoms with Gasteiger partial charge >= 0.3 is 5.97 Å². The lowest BCUT2D eigenvalue weighted by atomic mass is 10.2. The Bertz CT molecular complexity index is 640. The van der Waals surface area contributed by atoms with Gasteiger partial charge in [-0.25, -0.2) is 13.9 Å². The maximum absolute atomic E-state index is 13.6. The third-order valence-corrected chi connectivity index (χ3v) is 2.92. The highest BCUT2D eigenvalue weighted by Gasteiger charge is 2.17. The van der Waals surface area contributed by atoms with Gasteiger partial charge in [-0.15, -0.1) is 5.10 Å². The summed E-state index contributed by atoms with van der Waals surface area (Å²) in [6.07, 6.45) is 0.479. The summed E-state index contributed by atoms with van der Waals surface area (Å²) >= 11 is 0. The molecule has 106 valence electrons. The fraction of sp³-hybridized carbons (Fsp3) is 0.308. The Kier molecular flexibility index (Phi) is 3.97. The van der Waals surface area contributed by atoms with Gasteiger partial charge in [0.1, 0.15) is 0 Å². The maximum Gasteiger partial charge on any atom is 0.358 e. The Morgan fingerprint density at radius 2 is 2.25 bits per heavy atom. The number of ether oxygens (including phenoxy) is 1. The van der Waals surface area contributed by atoms with E-state index in [0.29, 0.717) is 17.7 Å². The van der Waals surface area contributed by atoms with Gasteiger partial charge in [-0.05, 0) is 24.1 Å². The zero-order valence-electron chi connectivity index (χ0n) is 11.1. The Morgan fingerprint density at radius 1 is 1.50 bits per heavy atom. The Hall–Kier alpha value is -2.44. The quantitative estimate of drug-likeness (QED) is 0.902. The van der Waals surface area contributed by atoms with Crippen molar-refractivity contribution in [1.29, 1.82) is 0 Å². The zero-order chi connectivity index (χ0) is 14.7. The minimum absolute atomic E-state index is 0.0681. The van der Waals surface area contributed by atoms with Gasteiger partial charge < -0.3 is 9.84 Å². The van der Waals surface area contributed by atoms with E-state index in [1.54, 1.807) is 6.07 Å². The molecule has 6 nitrogen and oxygen atoms in total. The lowest BCUT2D eigenvalue weighted by molar-refractivity contribution is 0.0689. The van der Waals surface area contributed by atoms with Gasteiger partial charge in [0, 0.05) is 0 Å². The molecule has 0 atom stereocenters. The number of methoxy groups -OCH3 is 1. The second-order valence-electron chi connectivity index (χ2n) is 4.17. The van der Waals surface area contributed by atoms with Crippen molar-refractivity contribution >= 4 is 5.97 Å². The van der Waals surface area contributed by atoms with Gasteiger partial charge in [-0.1, -0.05) is 18.2 Å². The van der Waals surface area contributed by atoms with Crippen LogP contribution in [0.25, 0.3) is 0 Å². The third-order valence-electron chi connectivity index (χ3n) is 2.92. The first kappa shape index (κ1) is 14.0. The Balaban J connectivity index is 2.30.